The van der Waals surface area contributed by atoms with Crippen molar-refractivity contribution in [2.45, 2.75) is 6.92 Å². The molecule has 0 spiro atoms. The second-order valence-corrected chi connectivity index (χ2v) is 6.43. The van der Waals surface area contributed by atoms with Gasteiger partial charge < -0.3 is 14.4 Å². The van der Waals surface area contributed by atoms with E-state index in [1.807, 2.05) is 37.3 Å². The van der Waals surface area contributed by atoms with Crippen molar-refractivity contribution < 1.29 is 19.2 Å². The first-order chi connectivity index (χ1) is 14.5. The second kappa shape index (κ2) is 9.56. The van der Waals surface area contributed by atoms with Crippen LogP contribution in [-0.2, 0) is 4.79 Å². The smallest absolute Gasteiger partial charge is 0.270 e. The Hall–Kier alpha value is -3.87. The zero-order chi connectivity index (χ0) is 21.5. The summed E-state index contributed by atoms with van der Waals surface area (Å²) >= 11 is 0. The fraction of sp³-hybridized carbons (Fsp3) is 0.174. The number of amides is 1. The van der Waals surface area contributed by atoms with Crippen molar-refractivity contribution in [2.24, 2.45) is 0 Å². The van der Waals surface area contributed by atoms with Crippen molar-refractivity contribution in [1.82, 2.24) is 0 Å². The standard InChI is InChI=1S/C23H22N2O5/c1-3-24(18-7-5-4-6-8-18)23(26)16-30-22-14-11-19(25(27)28)15-21(22)17-9-12-20(29-2)13-10-17/h4-15H,3,16H2,1-2H3. The van der Waals surface area contributed by atoms with Crippen LogP contribution in [0.4, 0.5) is 11.4 Å². The number of rotatable bonds is 8. The van der Waals surface area contributed by atoms with E-state index >= 15 is 0 Å². The van der Waals surface area contributed by atoms with Crippen LogP contribution < -0.4 is 14.4 Å². The molecule has 0 bridgehead atoms. The van der Waals surface area contributed by atoms with E-state index < -0.39 is 4.92 Å². The van der Waals surface area contributed by atoms with E-state index in [1.54, 1.807) is 36.3 Å². The molecule has 7 heteroatoms. The molecule has 0 aliphatic rings. The summed E-state index contributed by atoms with van der Waals surface area (Å²) in [6.07, 6.45) is 0. The molecule has 0 aromatic heterocycles. The molecule has 154 valence electrons. The highest BCUT2D eigenvalue weighted by atomic mass is 16.6. The normalized spacial score (nSPS) is 10.3. The highest BCUT2D eigenvalue weighted by molar-refractivity contribution is 5.94. The quantitative estimate of drug-likeness (QED) is 0.400. The van der Waals surface area contributed by atoms with Gasteiger partial charge in [-0.3, -0.25) is 14.9 Å². The molecular weight excluding hydrogens is 384 g/mol. The largest absolute Gasteiger partial charge is 0.497 e. The Morgan fingerprint density at radius 1 is 1.03 bits per heavy atom. The molecule has 3 aromatic carbocycles. The lowest BCUT2D eigenvalue weighted by molar-refractivity contribution is -0.384. The number of likely N-dealkylation sites (N-methyl/N-ethyl adjacent to an activating group) is 1. The lowest BCUT2D eigenvalue weighted by atomic mass is 10.0. The molecule has 0 fully saturated rings. The Morgan fingerprint density at radius 2 is 1.73 bits per heavy atom. The summed E-state index contributed by atoms with van der Waals surface area (Å²) in [5, 5.41) is 11.2. The number of methoxy groups -OCH3 is 1. The molecule has 3 aromatic rings. The van der Waals surface area contributed by atoms with Crippen LogP contribution in [0.15, 0.2) is 72.8 Å². The van der Waals surface area contributed by atoms with Crippen molar-refractivity contribution in [2.75, 3.05) is 25.2 Å². The van der Waals surface area contributed by atoms with Crippen molar-refractivity contribution in [1.29, 1.82) is 0 Å². The first kappa shape index (κ1) is 20.9. The molecule has 0 N–H and O–H groups in total. The Morgan fingerprint density at radius 3 is 2.33 bits per heavy atom. The summed E-state index contributed by atoms with van der Waals surface area (Å²) in [6.45, 7) is 2.20. The number of nitro benzene ring substituents is 1. The van der Waals surface area contributed by atoms with Crippen LogP contribution in [-0.4, -0.2) is 31.1 Å². The summed E-state index contributed by atoms with van der Waals surface area (Å²) in [4.78, 5) is 25.1. The van der Waals surface area contributed by atoms with E-state index in [9.17, 15) is 14.9 Å². The zero-order valence-electron chi connectivity index (χ0n) is 16.8. The molecule has 7 nitrogen and oxygen atoms in total. The fourth-order valence-electron chi connectivity index (χ4n) is 3.08. The SMILES string of the molecule is CCN(C(=O)COc1ccc([N+](=O)[O-])cc1-c1ccc(OC)cc1)c1ccccc1. The zero-order valence-corrected chi connectivity index (χ0v) is 16.8. The number of carbonyl (C=O) groups excluding carboxylic acids is 1. The van der Waals surface area contributed by atoms with E-state index in [4.69, 9.17) is 9.47 Å². The molecule has 1 amide bonds. The number of nitro groups is 1. The molecule has 30 heavy (non-hydrogen) atoms. The van der Waals surface area contributed by atoms with Crippen LogP contribution in [0.3, 0.4) is 0 Å². The molecular formula is C23H22N2O5. The third-order valence-corrected chi connectivity index (χ3v) is 4.61. The first-order valence-electron chi connectivity index (χ1n) is 9.44. The number of non-ortho nitro benzene ring substituents is 1. The van der Waals surface area contributed by atoms with Gasteiger partial charge in [-0.15, -0.1) is 0 Å². The number of benzene rings is 3. The summed E-state index contributed by atoms with van der Waals surface area (Å²) in [6, 6.07) is 20.7. The first-order valence-corrected chi connectivity index (χ1v) is 9.44. The minimum absolute atomic E-state index is 0.0565. The van der Waals surface area contributed by atoms with Crippen molar-refractivity contribution in [3.05, 3.63) is 82.9 Å². The van der Waals surface area contributed by atoms with Gasteiger partial charge in [0.2, 0.25) is 0 Å². The maximum atomic E-state index is 12.7. The molecule has 0 saturated heterocycles. The van der Waals surface area contributed by atoms with Crippen LogP contribution in [0.5, 0.6) is 11.5 Å². The van der Waals surface area contributed by atoms with E-state index in [-0.39, 0.29) is 18.2 Å². The minimum Gasteiger partial charge on any atom is -0.497 e. The van der Waals surface area contributed by atoms with Gasteiger partial charge in [-0.05, 0) is 42.8 Å². The monoisotopic (exact) mass is 406 g/mol. The molecule has 0 aliphatic carbocycles. The number of carbonyl (C=O) groups is 1. The Balaban J connectivity index is 1.85. The maximum Gasteiger partial charge on any atom is 0.270 e. The lowest BCUT2D eigenvalue weighted by Gasteiger charge is -2.21. The fourth-order valence-corrected chi connectivity index (χ4v) is 3.08. The molecule has 0 atom stereocenters. The van der Waals surface area contributed by atoms with E-state index in [1.165, 1.54) is 18.2 Å². The van der Waals surface area contributed by atoms with E-state index in [0.29, 0.717) is 23.6 Å². The number of ether oxygens (including phenoxy) is 2. The molecule has 0 unspecified atom stereocenters. The molecule has 0 radical (unpaired) electrons. The number of hydrogen-bond donors (Lipinski definition) is 0. The molecule has 0 heterocycles. The van der Waals surface area contributed by atoms with Gasteiger partial charge in [-0.1, -0.05) is 30.3 Å². The average molecular weight is 406 g/mol. The van der Waals surface area contributed by atoms with Crippen molar-refractivity contribution in [3.8, 4) is 22.6 Å². The van der Waals surface area contributed by atoms with Gasteiger partial charge in [-0.2, -0.15) is 0 Å². The van der Waals surface area contributed by atoms with Gasteiger partial charge in [-0.25, -0.2) is 0 Å². The second-order valence-electron chi connectivity index (χ2n) is 6.43. The van der Waals surface area contributed by atoms with Gasteiger partial charge in [0.05, 0.1) is 12.0 Å². The molecule has 3 rings (SSSR count). The van der Waals surface area contributed by atoms with Gasteiger partial charge in [0, 0.05) is 29.9 Å². The predicted molar refractivity (Wildman–Crippen MR) is 115 cm³/mol. The van der Waals surface area contributed by atoms with Gasteiger partial charge in [0.15, 0.2) is 6.61 Å². The highest BCUT2D eigenvalue weighted by Crippen LogP contribution is 2.34. The van der Waals surface area contributed by atoms with Crippen LogP contribution in [0.25, 0.3) is 11.1 Å². The van der Waals surface area contributed by atoms with Crippen LogP contribution in [0.1, 0.15) is 6.92 Å². The van der Waals surface area contributed by atoms with Gasteiger partial charge in [0.25, 0.3) is 11.6 Å². The maximum absolute atomic E-state index is 12.7. The molecule has 0 aliphatic heterocycles. The van der Waals surface area contributed by atoms with Gasteiger partial charge >= 0.3 is 0 Å². The lowest BCUT2D eigenvalue weighted by Crippen LogP contribution is -2.34. The highest BCUT2D eigenvalue weighted by Gasteiger charge is 2.18. The summed E-state index contributed by atoms with van der Waals surface area (Å²) < 4.78 is 11.0. The summed E-state index contributed by atoms with van der Waals surface area (Å²) in [5.41, 5.74) is 1.98. The van der Waals surface area contributed by atoms with Crippen LogP contribution in [0.2, 0.25) is 0 Å². The third-order valence-electron chi connectivity index (χ3n) is 4.61. The number of para-hydroxylation sites is 1. The summed E-state index contributed by atoms with van der Waals surface area (Å²) in [5.74, 6) is 0.856. The Bertz CT molecular complexity index is 1020. The van der Waals surface area contributed by atoms with Crippen LogP contribution in [0, 0.1) is 10.1 Å². The Kier molecular flexibility index (Phi) is 6.64. The third kappa shape index (κ3) is 4.75. The average Bonchev–Trinajstić information content (AvgIpc) is 2.79. The Labute approximate surface area is 174 Å². The van der Waals surface area contributed by atoms with E-state index in [2.05, 4.69) is 0 Å². The van der Waals surface area contributed by atoms with Crippen LogP contribution >= 0.6 is 0 Å². The number of anilines is 1. The van der Waals surface area contributed by atoms with E-state index in [0.717, 1.165) is 11.3 Å². The predicted octanol–water partition coefficient (Wildman–Crippen LogP) is 4.70. The minimum atomic E-state index is -0.462. The summed E-state index contributed by atoms with van der Waals surface area (Å²) in [7, 11) is 1.56. The number of nitrogens with zero attached hydrogens (tertiary/aromatic N) is 2. The van der Waals surface area contributed by atoms with Crippen molar-refractivity contribution >= 4 is 17.3 Å². The molecule has 0 saturated carbocycles. The number of hydrogen-bond acceptors (Lipinski definition) is 5. The topological polar surface area (TPSA) is 81.9 Å². The van der Waals surface area contributed by atoms with Crippen molar-refractivity contribution in [3.63, 3.8) is 0 Å². The van der Waals surface area contributed by atoms with Gasteiger partial charge in [0.1, 0.15) is 11.5 Å².